The molecule has 0 radical (unpaired) electrons. The van der Waals surface area contributed by atoms with Gasteiger partial charge in [0.25, 0.3) is 5.91 Å². The highest BCUT2D eigenvalue weighted by atomic mass is 19.4. The Morgan fingerprint density at radius 1 is 1.20 bits per heavy atom. The first kappa shape index (κ1) is 23.4. The van der Waals surface area contributed by atoms with Gasteiger partial charge in [-0.3, -0.25) is 9.69 Å². The number of amides is 1. The number of carboxylic acid groups (broad SMARTS) is 1. The molecule has 1 fully saturated rings. The largest absolute Gasteiger partial charge is 0.490 e. The van der Waals surface area contributed by atoms with Crippen molar-refractivity contribution in [3.8, 4) is 11.3 Å². The Bertz CT molecular complexity index is 834. The molecule has 1 saturated heterocycles. The van der Waals surface area contributed by atoms with E-state index in [0.29, 0.717) is 23.6 Å². The van der Waals surface area contributed by atoms with Crippen LogP contribution in [0.3, 0.4) is 0 Å². The van der Waals surface area contributed by atoms with Crippen LogP contribution in [0, 0.1) is 6.92 Å². The van der Waals surface area contributed by atoms with E-state index in [1.807, 2.05) is 30.3 Å². The Balaban J connectivity index is 0.000000396. The van der Waals surface area contributed by atoms with Crippen molar-refractivity contribution in [2.75, 3.05) is 39.4 Å². The van der Waals surface area contributed by atoms with Gasteiger partial charge in [0.15, 0.2) is 5.76 Å². The summed E-state index contributed by atoms with van der Waals surface area (Å²) < 4.78 is 42.4. The number of nitrogens with one attached hydrogen (secondary N) is 1. The van der Waals surface area contributed by atoms with Crippen molar-refractivity contribution < 1.29 is 37.1 Å². The monoisotopic (exact) mass is 429 g/mol. The number of aromatic nitrogens is 1. The molecule has 3 rings (SSSR count). The minimum Gasteiger partial charge on any atom is -0.475 e. The fourth-order valence-corrected chi connectivity index (χ4v) is 2.66. The molecule has 0 atom stereocenters. The van der Waals surface area contributed by atoms with E-state index in [9.17, 15) is 18.0 Å². The molecule has 1 aliphatic rings. The highest BCUT2D eigenvalue weighted by Gasteiger charge is 2.38. The lowest BCUT2D eigenvalue weighted by Crippen LogP contribution is -2.41. The molecule has 0 aliphatic carbocycles. The second-order valence-corrected chi connectivity index (χ2v) is 6.35. The van der Waals surface area contributed by atoms with Gasteiger partial charge in [0.1, 0.15) is 5.56 Å². The lowest BCUT2D eigenvalue weighted by molar-refractivity contribution is -0.192. The number of carbonyl (C=O) groups is 2. The quantitative estimate of drug-likeness (QED) is 0.752. The SMILES string of the molecule is Cc1noc(-c2ccccc2)c1C(=O)NCCN1CCOCC1.O=C(O)C(F)(F)F. The van der Waals surface area contributed by atoms with Crippen molar-refractivity contribution in [3.05, 3.63) is 41.6 Å². The number of carbonyl (C=O) groups excluding carboxylic acids is 1. The van der Waals surface area contributed by atoms with Crippen molar-refractivity contribution >= 4 is 11.9 Å². The molecule has 2 heterocycles. The number of carboxylic acids is 1. The van der Waals surface area contributed by atoms with Gasteiger partial charge in [0.2, 0.25) is 0 Å². The Morgan fingerprint density at radius 3 is 2.37 bits per heavy atom. The molecule has 1 aromatic carbocycles. The summed E-state index contributed by atoms with van der Waals surface area (Å²) in [6.45, 7) is 6.55. The van der Waals surface area contributed by atoms with Crippen LogP contribution < -0.4 is 5.32 Å². The third-order valence-electron chi connectivity index (χ3n) is 4.19. The van der Waals surface area contributed by atoms with Crippen LogP contribution in [0.2, 0.25) is 0 Å². The number of benzene rings is 1. The molecule has 1 aliphatic heterocycles. The second kappa shape index (κ2) is 10.7. The fourth-order valence-electron chi connectivity index (χ4n) is 2.66. The average Bonchev–Trinajstić information content (AvgIpc) is 3.11. The number of hydrogen-bond donors (Lipinski definition) is 2. The van der Waals surface area contributed by atoms with Gasteiger partial charge in [-0.2, -0.15) is 13.2 Å². The number of morpholine rings is 1. The molecule has 2 N–H and O–H groups in total. The van der Waals surface area contributed by atoms with Gasteiger partial charge in [-0.05, 0) is 6.92 Å². The Hall–Kier alpha value is -2.92. The molecule has 8 nitrogen and oxygen atoms in total. The van der Waals surface area contributed by atoms with E-state index in [2.05, 4.69) is 15.4 Å². The van der Waals surface area contributed by atoms with E-state index in [1.54, 1.807) is 6.92 Å². The van der Waals surface area contributed by atoms with Crippen LogP contribution in [0.1, 0.15) is 16.1 Å². The molecule has 30 heavy (non-hydrogen) atoms. The number of nitrogens with zero attached hydrogens (tertiary/aromatic N) is 2. The third kappa shape index (κ3) is 6.85. The van der Waals surface area contributed by atoms with Crippen molar-refractivity contribution in [3.63, 3.8) is 0 Å². The second-order valence-electron chi connectivity index (χ2n) is 6.35. The predicted molar refractivity (Wildman–Crippen MR) is 100.0 cm³/mol. The number of ether oxygens (including phenoxy) is 1. The fraction of sp³-hybridized carbons (Fsp3) is 0.421. The van der Waals surface area contributed by atoms with Crippen LogP contribution in [0.5, 0.6) is 0 Å². The zero-order valence-corrected chi connectivity index (χ0v) is 16.2. The Kier molecular flexibility index (Phi) is 8.36. The highest BCUT2D eigenvalue weighted by molar-refractivity contribution is 6.00. The molecule has 1 amide bonds. The van der Waals surface area contributed by atoms with Gasteiger partial charge >= 0.3 is 12.1 Å². The molecule has 164 valence electrons. The highest BCUT2D eigenvalue weighted by Crippen LogP contribution is 2.25. The maximum Gasteiger partial charge on any atom is 0.490 e. The van der Waals surface area contributed by atoms with E-state index >= 15 is 0 Å². The van der Waals surface area contributed by atoms with Crippen LogP contribution in [0.15, 0.2) is 34.9 Å². The normalized spacial score (nSPS) is 14.5. The number of rotatable bonds is 5. The Morgan fingerprint density at radius 2 is 1.80 bits per heavy atom. The summed E-state index contributed by atoms with van der Waals surface area (Å²) in [5.41, 5.74) is 1.97. The van der Waals surface area contributed by atoms with Gasteiger partial charge in [-0.25, -0.2) is 4.79 Å². The molecule has 11 heteroatoms. The smallest absolute Gasteiger partial charge is 0.475 e. The topological polar surface area (TPSA) is 105 Å². The molecule has 0 saturated carbocycles. The van der Waals surface area contributed by atoms with Gasteiger partial charge in [-0.1, -0.05) is 35.5 Å². The summed E-state index contributed by atoms with van der Waals surface area (Å²) >= 11 is 0. The van der Waals surface area contributed by atoms with E-state index in [1.165, 1.54) is 0 Å². The summed E-state index contributed by atoms with van der Waals surface area (Å²) in [6, 6.07) is 9.56. The molecule has 2 aromatic rings. The number of halogens is 3. The minimum absolute atomic E-state index is 0.143. The lowest BCUT2D eigenvalue weighted by atomic mass is 10.1. The predicted octanol–water partition coefficient (Wildman–Crippen LogP) is 2.35. The molecular weight excluding hydrogens is 407 g/mol. The summed E-state index contributed by atoms with van der Waals surface area (Å²) in [6.07, 6.45) is -5.08. The number of hydrogen-bond acceptors (Lipinski definition) is 6. The van der Waals surface area contributed by atoms with E-state index in [4.69, 9.17) is 19.2 Å². The van der Waals surface area contributed by atoms with Crippen LogP contribution >= 0.6 is 0 Å². The summed E-state index contributed by atoms with van der Waals surface area (Å²) in [4.78, 5) is 23.7. The third-order valence-corrected chi connectivity index (χ3v) is 4.19. The molecule has 0 unspecified atom stereocenters. The summed E-state index contributed by atoms with van der Waals surface area (Å²) in [5, 5.41) is 14.0. The van der Waals surface area contributed by atoms with E-state index < -0.39 is 12.1 Å². The number of aryl methyl sites for hydroxylation is 1. The first-order chi connectivity index (χ1) is 14.2. The zero-order chi connectivity index (χ0) is 22.1. The standard InChI is InChI=1S/C17H21N3O3.C2HF3O2/c1-13-15(16(23-19-13)14-5-3-2-4-6-14)17(21)18-7-8-20-9-11-22-12-10-20;3-2(4,5)1(6)7/h2-6H,7-12H2,1H3,(H,18,21);(H,6,7). The van der Waals surface area contributed by atoms with Crippen LogP contribution in [-0.2, 0) is 9.53 Å². The van der Waals surface area contributed by atoms with Gasteiger partial charge in [-0.15, -0.1) is 0 Å². The number of alkyl halides is 3. The van der Waals surface area contributed by atoms with Crippen LogP contribution in [0.4, 0.5) is 13.2 Å². The van der Waals surface area contributed by atoms with Crippen molar-refractivity contribution in [2.45, 2.75) is 13.1 Å². The average molecular weight is 429 g/mol. The van der Waals surface area contributed by atoms with Crippen molar-refractivity contribution in [1.82, 2.24) is 15.4 Å². The van der Waals surface area contributed by atoms with Gasteiger partial charge in [0.05, 0.1) is 18.9 Å². The molecular formula is C19H22F3N3O5. The van der Waals surface area contributed by atoms with Crippen LogP contribution in [0.25, 0.3) is 11.3 Å². The van der Waals surface area contributed by atoms with Crippen molar-refractivity contribution in [2.24, 2.45) is 0 Å². The molecule has 0 bridgehead atoms. The molecule has 0 spiro atoms. The van der Waals surface area contributed by atoms with Gasteiger partial charge in [0, 0.05) is 31.7 Å². The number of aliphatic carboxylic acids is 1. The maximum atomic E-state index is 12.5. The first-order valence-electron chi connectivity index (χ1n) is 9.10. The first-order valence-corrected chi connectivity index (χ1v) is 9.10. The van der Waals surface area contributed by atoms with Crippen molar-refractivity contribution in [1.29, 1.82) is 0 Å². The zero-order valence-electron chi connectivity index (χ0n) is 16.2. The maximum absolute atomic E-state index is 12.5. The van der Waals surface area contributed by atoms with Crippen LogP contribution in [-0.4, -0.2) is 72.6 Å². The minimum atomic E-state index is -5.08. The Labute approximate surface area is 170 Å². The van der Waals surface area contributed by atoms with Gasteiger partial charge < -0.3 is 19.7 Å². The molecule has 1 aromatic heterocycles. The summed E-state index contributed by atoms with van der Waals surface area (Å²) in [5.74, 6) is -2.38. The van der Waals surface area contributed by atoms with E-state index in [-0.39, 0.29) is 5.91 Å². The lowest BCUT2D eigenvalue weighted by Gasteiger charge is -2.26. The summed E-state index contributed by atoms with van der Waals surface area (Å²) in [7, 11) is 0. The van der Waals surface area contributed by atoms with E-state index in [0.717, 1.165) is 38.4 Å².